The number of rotatable bonds is 1. The summed E-state index contributed by atoms with van der Waals surface area (Å²) < 4.78 is 4.16. The lowest BCUT2D eigenvalue weighted by Gasteiger charge is -1.81. The first-order chi connectivity index (χ1) is 5.56. The first kappa shape index (κ1) is 10.7. The van der Waals surface area contributed by atoms with Crippen molar-refractivity contribution in [2.24, 2.45) is 7.05 Å². The smallest absolute Gasteiger partial charge is 0.300 e. The molecule has 0 aliphatic rings. The van der Waals surface area contributed by atoms with Crippen molar-refractivity contribution in [2.75, 3.05) is 0 Å². The van der Waals surface area contributed by atoms with Crippen molar-refractivity contribution < 1.29 is 14.5 Å². The highest BCUT2D eigenvalue weighted by Crippen LogP contribution is 1.74. The molecule has 1 N–H and O–H groups in total. The molecule has 68 valence electrons. The summed E-state index contributed by atoms with van der Waals surface area (Å²) >= 11 is 0. The number of carboxylic acid groups (broad SMARTS) is 1. The summed E-state index contributed by atoms with van der Waals surface area (Å²) in [6, 6.07) is 0. The van der Waals surface area contributed by atoms with Crippen LogP contribution in [0.5, 0.6) is 0 Å². The molecule has 0 amide bonds. The monoisotopic (exact) mass is 171 g/mol. The summed E-state index contributed by atoms with van der Waals surface area (Å²) in [6.45, 7) is 4.26. The number of nitrogens with zero attached hydrogens (tertiary/aromatic N) is 2. The van der Waals surface area contributed by atoms with E-state index in [1.54, 1.807) is 0 Å². The number of carboxylic acids is 1. The molecule has 4 nitrogen and oxygen atoms in total. The molecule has 12 heavy (non-hydrogen) atoms. The largest absolute Gasteiger partial charge is 0.481 e. The van der Waals surface area contributed by atoms with E-state index in [2.05, 4.69) is 24.0 Å². The molecule has 0 atom stereocenters. The molecule has 0 radical (unpaired) electrons. The van der Waals surface area contributed by atoms with Gasteiger partial charge in [-0.3, -0.25) is 4.79 Å². The number of aliphatic carboxylic acids is 1. The molecule has 0 aliphatic heterocycles. The first-order valence-corrected chi connectivity index (χ1v) is 3.76. The third-order valence-corrected chi connectivity index (χ3v) is 1.19. The van der Waals surface area contributed by atoms with Gasteiger partial charge in [-0.15, -0.1) is 0 Å². The van der Waals surface area contributed by atoms with E-state index < -0.39 is 5.97 Å². The molecule has 1 heterocycles. The van der Waals surface area contributed by atoms with E-state index >= 15 is 0 Å². The maximum atomic E-state index is 9.00. The van der Waals surface area contributed by atoms with Gasteiger partial charge >= 0.3 is 0 Å². The fourth-order valence-electron chi connectivity index (χ4n) is 0.689. The zero-order valence-corrected chi connectivity index (χ0v) is 7.69. The Bertz CT molecular complexity index is 239. The van der Waals surface area contributed by atoms with Crippen LogP contribution in [0.4, 0.5) is 0 Å². The van der Waals surface area contributed by atoms with Gasteiger partial charge in [0, 0.05) is 6.92 Å². The van der Waals surface area contributed by atoms with E-state index in [0.717, 1.165) is 13.5 Å². The lowest BCUT2D eigenvalue weighted by molar-refractivity contribution is -0.693. The molecular weight excluding hydrogens is 156 g/mol. The predicted molar refractivity (Wildman–Crippen MR) is 44.6 cm³/mol. The third kappa shape index (κ3) is 5.46. The Morgan fingerprint density at radius 2 is 2.17 bits per heavy atom. The molecule has 0 aromatic carbocycles. The highest BCUT2D eigenvalue weighted by Gasteiger charge is 1.92. The number of aryl methyl sites for hydroxylation is 2. The molecule has 1 aromatic heterocycles. The van der Waals surface area contributed by atoms with Gasteiger partial charge in [-0.2, -0.15) is 0 Å². The molecule has 0 saturated heterocycles. The average Bonchev–Trinajstić information content (AvgIpc) is 2.34. The lowest BCUT2D eigenvalue weighted by Crippen LogP contribution is -2.28. The molecule has 1 rings (SSSR count). The Hall–Kier alpha value is -1.32. The van der Waals surface area contributed by atoms with Crippen LogP contribution < -0.4 is 4.57 Å². The number of hydrogen-bond acceptors (Lipinski definition) is 1. The van der Waals surface area contributed by atoms with Gasteiger partial charge in [-0.25, -0.2) is 9.13 Å². The zero-order valence-electron chi connectivity index (χ0n) is 7.69. The minimum atomic E-state index is -0.833. The Morgan fingerprint density at radius 1 is 1.67 bits per heavy atom. The Balaban J connectivity index is 0.000000261. The SMILES string of the molecule is CC(=O)O.CC[n+]1ccn(C)c1. The number of imidazole rings is 1. The second kappa shape index (κ2) is 5.35. The molecule has 0 unspecified atom stereocenters. The van der Waals surface area contributed by atoms with Crippen LogP contribution in [0.2, 0.25) is 0 Å². The van der Waals surface area contributed by atoms with Gasteiger partial charge in [0.05, 0.1) is 13.6 Å². The summed E-state index contributed by atoms with van der Waals surface area (Å²) in [5.41, 5.74) is 0. The quantitative estimate of drug-likeness (QED) is 0.622. The van der Waals surface area contributed by atoms with E-state index in [-0.39, 0.29) is 0 Å². The van der Waals surface area contributed by atoms with Crippen LogP contribution in [0.25, 0.3) is 0 Å². The Labute approximate surface area is 72.1 Å². The van der Waals surface area contributed by atoms with Crippen molar-refractivity contribution in [3.05, 3.63) is 18.7 Å². The molecular formula is C8H15N2O2+. The van der Waals surface area contributed by atoms with Gasteiger partial charge in [0.1, 0.15) is 12.4 Å². The van der Waals surface area contributed by atoms with E-state index in [4.69, 9.17) is 9.90 Å². The Morgan fingerprint density at radius 3 is 2.33 bits per heavy atom. The molecule has 0 aliphatic carbocycles. The number of hydrogen-bond donors (Lipinski definition) is 1. The minimum absolute atomic E-state index is 0.833. The van der Waals surface area contributed by atoms with Gasteiger partial charge in [0.2, 0.25) is 6.33 Å². The van der Waals surface area contributed by atoms with E-state index in [0.29, 0.717) is 0 Å². The van der Waals surface area contributed by atoms with E-state index in [1.807, 2.05) is 17.8 Å². The van der Waals surface area contributed by atoms with Gasteiger partial charge < -0.3 is 5.11 Å². The second-order valence-corrected chi connectivity index (χ2v) is 2.43. The zero-order chi connectivity index (χ0) is 9.56. The van der Waals surface area contributed by atoms with Crippen LogP contribution in [-0.4, -0.2) is 15.6 Å². The highest BCUT2D eigenvalue weighted by atomic mass is 16.4. The van der Waals surface area contributed by atoms with Crippen LogP contribution in [0.1, 0.15) is 13.8 Å². The first-order valence-electron chi connectivity index (χ1n) is 3.76. The standard InChI is InChI=1S/C6H11N2.C2H4O2/c1-3-8-5-4-7(2)6-8;1-2(3)4/h4-6H,3H2,1-2H3;1H3,(H,3,4)/q+1;. The average molecular weight is 171 g/mol. The summed E-state index contributed by atoms with van der Waals surface area (Å²) in [4.78, 5) is 9.00. The van der Waals surface area contributed by atoms with Gasteiger partial charge in [0.25, 0.3) is 5.97 Å². The molecule has 4 heteroatoms. The van der Waals surface area contributed by atoms with Crippen molar-refractivity contribution in [3.63, 3.8) is 0 Å². The van der Waals surface area contributed by atoms with Crippen molar-refractivity contribution in [3.8, 4) is 0 Å². The molecule has 0 spiro atoms. The summed E-state index contributed by atoms with van der Waals surface area (Å²) in [7, 11) is 2.02. The second-order valence-electron chi connectivity index (χ2n) is 2.43. The van der Waals surface area contributed by atoms with Crippen LogP contribution in [0.15, 0.2) is 18.7 Å². The number of carbonyl (C=O) groups is 1. The molecule has 1 aromatic rings. The topological polar surface area (TPSA) is 46.1 Å². The third-order valence-electron chi connectivity index (χ3n) is 1.19. The van der Waals surface area contributed by atoms with Crippen LogP contribution in [0.3, 0.4) is 0 Å². The van der Waals surface area contributed by atoms with E-state index in [1.165, 1.54) is 0 Å². The maximum absolute atomic E-state index is 9.00. The molecule has 0 bridgehead atoms. The Kier molecular flexibility index (Phi) is 4.76. The normalized spacial score (nSPS) is 8.58. The van der Waals surface area contributed by atoms with Crippen LogP contribution in [-0.2, 0) is 18.4 Å². The van der Waals surface area contributed by atoms with Crippen molar-refractivity contribution in [2.45, 2.75) is 20.4 Å². The van der Waals surface area contributed by atoms with E-state index in [9.17, 15) is 0 Å². The van der Waals surface area contributed by atoms with Crippen molar-refractivity contribution in [1.29, 1.82) is 0 Å². The summed E-state index contributed by atoms with van der Waals surface area (Å²) in [5.74, 6) is -0.833. The fourth-order valence-corrected chi connectivity index (χ4v) is 0.689. The highest BCUT2D eigenvalue weighted by molar-refractivity contribution is 5.62. The van der Waals surface area contributed by atoms with Crippen molar-refractivity contribution >= 4 is 5.97 Å². The van der Waals surface area contributed by atoms with Crippen LogP contribution in [0, 0.1) is 0 Å². The molecule has 0 fully saturated rings. The minimum Gasteiger partial charge on any atom is -0.481 e. The van der Waals surface area contributed by atoms with Gasteiger partial charge in [0.15, 0.2) is 0 Å². The summed E-state index contributed by atoms with van der Waals surface area (Å²) in [5, 5.41) is 7.42. The predicted octanol–water partition coefficient (Wildman–Crippen LogP) is 0.423. The lowest BCUT2D eigenvalue weighted by atomic mass is 10.7. The molecule has 0 saturated carbocycles. The van der Waals surface area contributed by atoms with Crippen LogP contribution >= 0.6 is 0 Å². The number of aromatic nitrogens is 2. The maximum Gasteiger partial charge on any atom is 0.300 e. The van der Waals surface area contributed by atoms with Gasteiger partial charge in [-0.1, -0.05) is 0 Å². The fraction of sp³-hybridized carbons (Fsp3) is 0.500. The van der Waals surface area contributed by atoms with Crippen molar-refractivity contribution in [1.82, 2.24) is 4.57 Å². The summed E-state index contributed by atoms with van der Waals surface area (Å²) in [6.07, 6.45) is 6.14. The van der Waals surface area contributed by atoms with Gasteiger partial charge in [-0.05, 0) is 6.92 Å².